The van der Waals surface area contributed by atoms with E-state index in [0.717, 1.165) is 0 Å². The molecule has 352 valence electrons. The van der Waals surface area contributed by atoms with Gasteiger partial charge in [-0.3, -0.25) is 0 Å². The molecule has 1 fully saturated rings. The van der Waals surface area contributed by atoms with Crippen LogP contribution in [0.4, 0.5) is 127 Å². The van der Waals surface area contributed by atoms with Gasteiger partial charge in [0.1, 0.15) is 6.10 Å². The van der Waals surface area contributed by atoms with Crippen LogP contribution in [-0.2, 0) is 20.4 Å². The second-order valence-corrected chi connectivity index (χ2v) is 12.7. The second kappa shape index (κ2) is 15.4. The van der Waals surface area contributed by atoms with Crippen molar-refractivity contribution in [2.45, 2.75) is 121 Å². The summed E-state index contributed by atoms with van der Waals surface area (Å²) in [6.07, 6.45) is -38.1. The van der Waals surface area contributed by atoms with Crippen molar-refractivity contribution < 1.29 is 142 Å². The number of alkyl halides is 29. The lowest BCUT2D eigenvalue weighted by Crippen LogP contribution is -2.70. The fourth-order valence-corrected chi connectivity index (χ4v) is 5.12. The molecule has 0 aromatic heterocycles. The molecule has 1 heterocycles. The third kappa shape index (κ3) is 8.32. The Bertz CT molecular complexity index is 1550. The van der Waals surface area contributed by atoms with E-state index in [1.807, 2.05) is 0 Å². The van der Waals surface area contributed by atoms with Gasteiger partial charge in [0.25, 0.3) is 0 Å². The van der Waals surface area contributed by atoms with E-state index in [-0.39, 0.29) is 19.2 Å². The van der Waals surface area contributed by atoms with Crippen molar-refractivity contribution in [1.29, 1.82) is 0 Å². The highest BCUT2D eigenvalue weighted by Gasteiger charge is 2.92. The van der Waals surface area contributed by atoms with Crippen molar-refractivity contribution in [3.63, 3.8) is 0 Å². The van der Waals surface area contributed by atoms with Crippen molar-refractivity contribution in [3.8, 4) is 0 Å². The Labute approximate surface area is 313 Å². The van der Waals surface area contributed by atoms with Crippen LogP contribution in [0.25, 0.3) is 0 Å². The Morgan fingerprint density at radius 2 is 0.767 bits per heavy atom. The Balaban J connectivity index is 2.70. The van der Waals surface area contributed by atoms with Gasteiger partial charge in [0.2, 0.25) is 0 Å². The highest BCUT2D eigenvalue weighted by Crippen LogP contribution is 2.63. The number of methoxy groups -OCH3 is 1. The zero-order valence-corrected chi connectivity index (χ0v) is 28.2. The van der Waals surface area contributed by atoms with E-state index in [4.69, 9.17) is 9.47 Å². The average Bonchev–Trinajstić information content (AvgIpc) is 3.57. The molecule has 0 spiro atoms. The minimum absolute atomic E-state index is 0.0271. The molecule has 1 aromatic rings. The summed E-state index contributed by atoms with van der Waals surface area (Å²) in [6.45, 7) is -1.55. The molecule has 60 heavy (non-hydrogen) atoms. The summed E-state index contributed by atoms with van der Waals surface area (Å²) >= 11 is 0. The van der Waals surface area contributed by atoms with Crippen molar-refractivity contribution in [2.24, 2.45) is 0 Å². The Morgan fingerprint density at radius 1 is 0.450 bits per heavy atom. The molecule has 0 bridgehead atoms. The van der Waals surface area contributed by atoms with Crippen LogP contribution in [0.15, 0.2) is 24.3 Å². The molecular weight excluding hydrogens is 935 g/mol. The molecule has 0 N–H and O–H groups in total. The first-order chi connectivity index (χ1) is 26.2. The van der Waals surface area contributed by atoms with Crippen molar-refractivity contribution in [2.75, 3.05) is 13.7 Å². The molecule has 0 aliphatic carbocycles. The lowest BCUT2D eigenvalue weighted by molar-refractivity contribution is -0.441. The molecule has 0 saturated carbocycles. The first kappa shape index (κ1) is 53.2. The molecule has 1 aliphatic rings. The Kier molecular flexibility index (Phi) is 13.7. The molecule has 0 radical (unpaired) electrons. The predicted molar refractivity (Wildman–Crippen MR) is 135 cm³/mol. The zero-order valence-electron chi connectivity index (χ0n) is 28.2. The fourth-order valence-electron chi connectivity index (χ4n) is 5.12. The van der Waals surface area contributed by atoms with Gasteiger partial charge in [-0.25, -0.2) is 0 Å². The van der Waals surface area contributed by atoms with E-state index in [0.29, 0.717) is 12.1 Å². The average molecular weight is 954 g/mol. The lowest BCUT2D eigenvalue weighted by atomic mass is 9.81. The molecule has 2 unspecified atom stereocenters. The Morgan fingerprint density at radius 3 is 1.05 bits per heavy atom. The molecule has 1 aliphatic heterocycles. The van der Waals surface area contributed by atoms with Crippen LogP contribution >= 0.6 is 0 Å². The van der Waals surface area contributed by atoms with Crippen LogP contribution in [0, 0.1) is 0 Å². The van der Waals surface area contributed by atoms with E-state index in [9.17, 15) is 127 Å². The Hall–Kier alpha value is -2.93. The summed E-state index contributed by atoms with van der Waals surface area (Å²) < 4.78 is 409. The number of halogens is 29. The van der Waals surface area contributed by atoms with Gasteiger partial charge in [0, 0.05) is 25.5 Å². The van der Waals surface area contributed by atoms with Gasteiger partial charge in [-0.05, 0) is 25.0 Å². The number of rotatable bonds is 17. The second-order valence-electron chi connectivity index (χ2n) is 12.7. The minimum Gasteiger partial charge on any atom is -0.375 e. The monoisotopic (exact) mass is 954 g/mol. The molecule has 0 amide bonds. The molecule has 1 saturated heterocycles. The maximum atomic E-state index is 14.8. The first-order valence-electron chi connectivity index (χ1n) is 15.1. The molecular formula is C28H19F29O3. The first-order valence-corrected chi connectivity index (χ1v) is 15.1. The number of benzene rings is 1. The van der Waals surface area contributed by atoms with Crippen LogP contribution in [0.1, 0.15) is 43.1 Å². The molecule has 3 nitrogen and oxygen atoms in total. The van der Waals surface area contributed by atoms with Gasteiger partial charge in [-0.2, -0.15) is 127 Å². The van der Waals surface area contributed by atoms with E-state index >= 15 is 0 Å². The van der Waals surface area contributed by atoms with Gasteiger partial charge >= 0.3 is 77.8 Å². The van der Waals surface area contributed by atoms with Crippen molar-refractivity contribution >= 4 is 0 Å². The summed E-state index contributed by atoms with van der Waals surface area (Å²) in [5.41, 5.74) is -5.95. The highest BCUT2D eigenvalue weighted by molar-refractivity contribution is 5.26. The highest BCUT2D eigenvalue weighted by atomic mass is 19.4. The summed E-state index contributed by atoms with van der Waals surface area (Å²) in [5.74, 6) is -81.0. The van der Waals surface area contributed by atoms with Crippen LogP contribution in [-0.4, -0.2) is 97.0 Å². The van der Waals surface area contributed by atoms with Gasteiger partial charge in [0.15, 0.2) is 6.29 Å². The number of hydrogen-bond acceptors (Lipinski definition) is 3. The number of ether oxygens (including phenoxy) is 3. The van der Waals surface area contributed by atoms with Crippen molar-refractivity contribution in [3.05, 3.63) is 35.4 Å². The minimum atomic E-state index is -8.50. The SMILES string of the molecule is COC(CCC(F)(F)C(F)(F)C(F)(F)C(F)(F)C(F)(F)C(F)(F)F)(CCC(F)(F)C(F)(F)C(F)(F)C(F)(F)C(F)(F)C(F)(F)F)C1COC(c2ccc(C(F)(F)F)cc2)O1. The fraction of sp³-hybridized carbons (Fsp3) is 0.786. The smallest absolute Gasteiger partial charge is 0.375 e. The normalized spacial score (nSPS) is 19.6. The molecule has 2 atom stereocenters. The maximum Gasteiger partial charge on any atom is 0.460 e. The van der Waals surface area contributed by atoms with Crippen molar-refractivity contribution in [1.82, 2.24) is 0 Å². The topological polar surface area (TPSA) is 27.7 Å². The molecule has 2 rings (SSSR count). The van der Waals surface area contributed by atoms with E-state index in [1.54, 1.807) is 0 Å². The van der Waals surface area contributed by atoms with Gasteiger partial charge in [-0.15, -0.1) is 0 Å². The van der Waals surface area contributed by atoms with Crippen LogP contribution in [0.3, 0.4) is 0 Å². The third-order valence-corrected chi connectivity index (χ3v) is 8.91. The standard InChI is InChI=1S/C28H19F29O3/c1-58-15(13-10-59-14(60-13)11-2-4-12(5-3-11)18(33,34)35,6-8-16(29,30)19(36,37)21(40,41)23(44,45)25(48,49)27(52,53)54)7-9-17(31,32)20(38,39)22(42,43)24(46,47)26(50,51)28(55,56)57/h2-5,13-14H,6-10H2,1H3. The summed E-state index contributed by atoms with van der Waals surface area (Å²) in [7, 11) is -0.0271. The van der Waals surface area contributed by atoms with Crippen LogP contribution in [0.5, 0.6) is 0 Å². The summed E-state index contributed by atoms with van der Waals surface area (Å²) in [6, 6.07) is 1.37. The largest absolute Gasteiger partial charge is 0.460 e. The van der Waals surface area contributed by atoms with E-state index < -0.39 is 139 Å². The van der Waals surface area contributed by atoms with Gasteiger partial charge < -0.3 is 14.2 Å². The van der Waals surface area contributed by atoms with Gasteiger partial charge in [-0.1, -0.05) is 12.1 Å². The summed E-state index contributed by atoms with van der Waals surface area (Å²) in [4.78, 5) is 0. The van der Waals surface area contributed by atoms with E-state index in [2.05, 4.69) is 4.74 Å². The van der Waals surface area contributed by atoms with Crippen LogP contribution in [0.2, 0.25) is 0 Å². The summed E-state index contributed by atoms with van der Waals surface area (Å²) in [5, 5.41) is 0. The third-order valence-electron chi connectivity index (χ3n) is 8.91. The number of hydrogen-bond donors (Lipinski definition) is 0. The van der Waals surface area contributed by atoms with E-state index in [1.165, 1.54) is 0 Å². The van der Waals surface area contributed by atoms with Crippen LogP contribution < -0.4 is 0 Å². The zero-order chi connectivity index (χ0) is 47.8. The molecule has 32 heteroatoms. The predicted octanol–water partition coefficient (Wildman–Crippen LogP) is 12.5. The molecule has 1 aromatic carbocycles. The van der Waals surface area contributed by atoms with Gasteiger partial charge in [0.05, 0.1) is 17.8 Å². The quantitative estimate of drug-likeness (QED) is 0.146. The lowest BCUT2D eigenvalue weighted by Gasteiger charge is -2.43. The maximum absolute atomic E-state index is 14.8.